The van der Waals surface area contributed by atoms with Gasteiger partial charge in [0.1, 0.15) is 17.3 Å². The van der Waals surface area contributed by atoms with Crippen molar-refractivity contribution >= 4 is 11.7 Å². The number of benzene rings is 3. The van der Waals surface area contributed by atoms with E-state index in [-0.39, 0.29) is 5.91 Å². The number of nitrogens with one attached hydrogen (secondary N) is 1. The quantitative estimate of drug-likeness (QED) is 0.452. The van der Waals surface area contributed by atoms with E-state index in [1.165, 1.54) is 0 Å². The average molecular weight is 413 g/mol. The minimum Gasteiger partial charge on any atom is -0.497 e. The lowest BCUT2D eigenvalue weighted by molar-refractivity contribution is 0.102. The highest BCUT2D eigenvalue weighted by molar-refractivity contribution is 6.06. The van der Waals surface area contributed by atoms with Crippen LogP contribution in [0.15, 0.2) is 84.9 Å². The fourth-order valence-corrected chi connectivity index (χ4v) is 3.26. The summed E-state index contributed by atoms with van der Waals surface area (Å²) in [5.74, 6) is 1.58. The maximum absolute atomic E-state index is 13.1. The third-order valence-corrected chi connectivity index (χ3v) is 4.77. The molecule has 0 aliphatic heterocycles. The summed E-state index contributed by atoms with van der Waals surface area (Å²) < 4.78 is 12.6. The summed E-state index contributed by atoms with van der Waals surface area (Å²) in [6.07, 6.45) is 0. The van der Waals surface area contributed by atoms with E-state index in [0.29, 0.717) is 23.7 Å². The number of anilines is 1. The SMILES string of the molecule is CCOc1ccccc1C(=O)Nc1cc(-c2ccccc2)nn1-c1ccc(OC)cc1. The van der Waals surface area contributed by atoms with E-state index < -0.39 is 0 Å². The lowest BCUT2D eigenvalue weighted by Crippen LogP contribution is -2.16. The van der Waals surface area contributed by atoms with Crippen molar-refractivity contribution < 1.29 is 14.3 Å². The first kappa shape index (κ1) is 20.2. The van der Waals surface area contributed by atoms with Crippen molar-refractivity contribution in [1.29, 1.82) is 0 Å². The van der Waals surface area contributed by atoms with Crippen LogP contribution in [0, 0.1) is 0 Å². The zero-order valence-electron chi connectivity index (χ0n) is 17.4. The molecule has 6 nitrogen and oxygen atoms in total. The second-order valence-electron chi connectivity index (χ2n) is 6.77. The van der Waals surface area contributed by atoms with Gasteiger partial charge in [-0.25, -0.2) is 4.68 Å². The molecule has 1 amide bonds. The largest absolute Gasteiger partial charge is 0.497 e. The van der Waals surface area contributed by atoms with Crippen molar-refractivity contribution in [3.05, 3.63) is 90.5 Å². The Bertz CT molecular complexity index is 1170. The van der Waals surface area contributed by atoms with E-state index >= 15 is 0 Å². The van der Waals surface area contributed by atoms with Crippen LogP contribution in [0.5, 0.6) is 11.5 Å². The highest BCUT2D eigenvalue weighted by atomic mass is 16.5. The van der Waals surface area contributed by atoms with Gasteiger partial charge in [-0.2, -0.15) is 5.10 Å². The van der Waals surface area contributed by atoms with Crippen LogP contribution in [0.2, 0.25) is 0 Å². The van der Waals surface area contributed by atoms with E-state index in [1.54, 1.807) is 23.9 Å². The number of methoxy groups -OCH3 is 1. The maximum Gasteiger partial charge on any atom is 0.260 e. The van der Waals surface area contributed by atoms with Crippen molar-refractivity contribution in [3.8, 4) is 28.4 Å². The number of carbonyl (C=O) groups excluding carboxylic acids is 1. The number of ether oxygens (including phenoxy) is 2. The third kappa shape index (κ3) is 4.43. The number of aromatic nitrogens is 2. The van der Waals surface area contributed by atoms with Crippen molar-refractivity contribution in [2.75, 3.05) is 19.0 Å². The number of nitrogens with zero attached hydrogens (tertiary/aromatic N) is 2. The second kappa shape index (κ2) is 9.17. The van der Waals surface area contributed by atoms with Crippen LogP contribution in [-0.2, 0) is 0 Å². The molecule has 0 atom stereocenters. The molecule has 4 rings (SSSR count). The molecule has 0 bridgehead atoms. The molecule has 0 saturated carbocycles. The van der Waals surface area contributed by atoms with Crippen LogP contribution >= 0.6 is 0 Å². The molecule has 4 aromatic rings. The number of para-hydroxylation sites is 1. The van der Waals surface area contributed by atoms with Gasteiger partial charge in [-0.15, -0.1) is 0 Å². The normalized spacial score (nSPS) is 10.5. The molecule has 0 aliphatic carbocycles. The third-order valence-electron chi connectivity index (χ3n) is 4.77. The summed E-state index contributed by atoms with van der Waals surface area (Å²) in [5.41, 5.74) is 2.98. The minimum atomic E-state index is -0.265. The molecule has 0 unspecified atom stereocenters. The Hall–Kier alpha value is -4.06. The van der Waals surface area contributed by atoms with Gasteiger partial charge in [-0.1, -0.05) is 42.5 Å². The van der Waals surface area contributed by atoms with Crippen LogP contribution in [0.1, 0.15) is 17.3 Å². The Labute approximate surface area is 181 Å². The van der Waals surface area contributed by atoms with E-state index in [4.69, 9.17) is 14.6 Å². The molecule has 0 spiro atoms. The lowest BCUT2D eigenvalue weighted by Gasteiger charge is -2.12. The Morgan fingerprint density at radius 2 is 1.68 bits per heavy atom. The zero-order chi connectivity index (χ0) is 21.6. The molecule has 156 valence electrons. The van der Waals surface area contributed by atoms with Crippen molar-refractivity contribution in [1.82, 2.24) is 9.78 Å². The van der Waals surface area contributed by atoms with Crippen LogP contribution in [0.25, 0.3) is 16.9 Å². The summed E-state index contributed by atoms with van der Waals surface area (Å²) >= 11 is 0. The molecule has 6 heteroatoms. The molecule has 0 radical (unpaired) electrons. The second-order valence-corrected chi connectivity index (χ2v) is 6.77. The van der Waals surface area contributed by atoms with Gasteiger partial charge in [-0.05, 0) is 43.3 Å². The van der Waals surface area contributed by atoms with Gasteiger partial charge in [0.05, 0.1) is 30.7 Å². The van der Waals surface area contributed by atoms with E-state index in [1.807, 2.05) is 79.7 Å². The fraction of sp³-hybridized carbons (Fsp3) is 0.120. The monoisotopic (exact) mass is 413 g/mol. The molecule has 1 aromatic heterocycles. The summed E-state index contributed by atoms with van der Waals surface area (Å²) in [6.45, 7) is 2.37. The van der Waals surface area contributed by atoms with E-state index in [0.717, 1.165) is 22.7 Å². The molecular weight excluding hydrogens is 390 g/mol. The van der Waals surface area contributed by atoms with Crippen LogP contribution in [0.4, 0.5) is 5.82 Å². The number of carbonyl (C=O) groups is 1. The number of hydrogen-bond donors (Lipinski definition) is 1. The first-order valence-corrected chi connectivity index (χ1v) is 10.0. The van der Waals surface area contributed by atoms with Crippen molar-refractivity contribution in [3.63, 3.8) is 0 Å². The molecule has 1 N–H and O–H groups in total. The summed E-state index contributed by atoms with van der Waals surface area (Å²) in [5, 5.41) is 7.73. The van der Waals surface area contributed by atoms with Crippen LogP contribution < -0.4 is 14.8 Å². The van der Waals surface area contributed by atoms with Crippen molar-refractivity contribution in [2.45, 2.75) is 6.92 Å². The van der Waals surface area contributed by atoms with E-state index in [9.17, 15) is 4.79 Å². The minimum absolute atomic E-state index is 0.265. The Morgan fingerprint density at radius 1 is 0.968 bits per heavy atom. The first-order chi connectivity index (χ1) is 15.2. The van der Waals surface area contributed by atoms with Crippen molar-refractivity contribution in [2.24, 2.45) is 0 Å². The van der Waals surface area contributed by atoms with Gasteiger partial charge < -0.3 is 14.8 Å². The van der Waals surface area contributed by atoms with Gasteiger partial charge in [-0.3, -0.25) is 4.79 Å². The molecule has 0 fully saturated rings. The molecule has 31 heavy (non-hydrogen) atoms. The van der Waals surface area contributed by atoms with Gasteiger partial charge in [0.2, 0.25) is 0 Å². The Kier molecular flexibility index (Phi) is 5.98. The smallest absolute Gasteiger partial charge is 0.260 e. The van der Waals surface area contributed by atoms with Crippen LogP contribution in [0.3, 0.4) is 0 Å². The predicted molar refractivity (Wildman–Crippen MR) is 121 cm³/mol. The Morgan fingerprint density at radius 3 is 2.39 bits per heavy atom. The summed E-state index contributed by atoms with van der Waals surface area (Å²) in [7, 11) is 1.62. The molecule has 0 aliphatic rings. The first-order valence-electron chi connectivity index (χ1n) is 10.0. The molecule has 3 aromatic carbocycles. The number of amides is 1. The molecule has 1 heterocycles. The lowest BCUT2D eigenvalue weighted by atomic mass is 10.1. The molecular formula is C25H23N3O3. The molecule has 0 saturated heterocycles. The van der Waals surface area contributed by atoms with Gasteiger partial charge in [0.15, 0.2) is 0 Å². The number of rotatable bonds is 7. The van der Waals surface area contributed by atoms with Crippen LogP contribution in [-0.4, -0.2) is 29.4 Å². The highest BCUT2D eigenvalue weighted by Gasteiger charge is 2.17. The standard InChI is InChI=1S/C25H23N3O3/c1-3-31-23-12-8-7-11-21(23)25(29)26-24-17-22(18-9-5-4-6-10-18)27-28(24)19-13-15-20(30-2)16-14-19/h4-17H,3H2,1-2H3,(H,26,29). The topological polar surface area (TPSA) is 65.4 Å². The van der Waals surface area contributed by atoms with Gasteiger partial charge in [0.25, 0.3) is 5.91 Å². The highest BCUT2D eigenvalue weighted by Crippen LogP contribution is 2.27. The van der Waals surface area contributed by atoms with E-state index in [2.05, 4.69) is 5.32 Å². The Balaban J connectivity index is 1.73. The summed E-state index contributed by atoms with van der Waals surface area (Å²) in [6, 6.07) is 26.4. The predicted octanol–water partition coefficient (Wildman–Crippen LogP) is 5.20. The number of hydrogen-bond acceptors (Lipinski definition) is 4. The summed E-state index contributed by atoms with van der Waals surface area (Å²) in [4.78, 5) is 13.1. The maximum atomic E-state index is 13.1. The zero-order valence-corrected chi connectivity index (χ0v) is 17.4. The fourth-order valence-electron chi connectivity index (χ4n) is 3.26. The average Bonchev–Trinajstić information content (AvgIpc) is 3.24. The van der Waals surface area contributed by atoms with Gasteiger partial charge >= 0.3 is 0 Å². The van der Waals surface area contributed by atoms with Gasteiger partial charge in [0, 0.05) is 11.6 Å².